The topological polar surface area (TPSA) is 52.4 Å². The molecule has 0 aromatic heterocycles. The molecule has 82 valence electrons. The van der Waals surface area contributed by atoms with Crippen molar-refractivity contribution in [2.24, 2.45) is 0 Å². The Morgan fingerprint density at radius 2 is 2.06 bits per heavy atom. The largest absolute Gasteiger partial charge is 0.496 e. The molecule has 0 aliphatic heterocycles. The van der Waals surface area contributed by atoms with Crippen LogP contribution in [0.2, 0.25) is 0 Å². The van der Waals surface area contributed by atoms with Gasteiger partial charge in [0.25, 0.3) is 5.69 Å². The van der Waals surface area contributed by atoms with Gasteiger partial charge in [-0.1, -0.05) is 18.2 Å². The van der Waals surface area contributed by atoms with Crippen LogP contribution in [0.25, 0.3) is 10.8 Å². The van der Waals surface area contributed by atoms with Crippen LogP contribution in [0.1, 0.15) is 0 Å². The minimum absolute atomic E-state index is 0.0725. The minimum atomic E-state index is -0.396. The van der Waals surface area contributed by atoms with Crippen molar-refractivity contribution in [1.82, 2.24) is 0 Å². The molecule has 0 atom stereocenters. The number of halogens is 1. The Hall–Kier alpha value is -1.62. The maximum atomic E-state index is 10.9. The summed E-state index contributed by atoms with van der Waals surface area (Å²) in [6, 6.07) is 8.54. The molecule has 0 aliphatic rings. The molecule has 0 aliphatic carbocycles. The Morgan fingerprint density at radius 3 is 2.69 bits per heavy atom. The molecule has 0 saturated heterocycles. The third kappa shape index (κ3) is 1.63. The first-order valence-corrected chi connectivity index (χ1v) is 5.34. The summed E-state index contributed by atoms with van der Waals surface area (Å²) in [6.45, 7) is 0. The molecule has 16 heavy (non-hydrogen) atoms. The average molecular weight is 282 g/mol. The van der Waals surface area contributed by atoms with Gasteiger partial charge in [0.05, 0.1) is 21.9 Å². The average Bonchev–Trinajstić information content (AvgIpc) is 2.29. The van der Waals surface area contributed by atoms with E-state index < -0.39 is 4.92 Å². The summed E-state index contributed by atoms with van der Waals surface area (Å²) in [5.74, 6) is 0.585. The third-order valence-electron chi connectivity index (χ3n) is 2.34. The van der Waals surface area contributed by atoms with Crippen molar-refractivity contribution >= 4 is 32.4 Å². The molecule has 0 heterocycles. The van der Waals surface area contributed by atoms with Gasteiger partial charge in [-0.15, -0.1) is 0 Å². The molecule has 0 unspecified atom stereocenters. The predicted molar refractivity (Wildman–Crippen MR) is 64.9 cm³/mol. The fraction of sp³-hybridized carbons (Fsp3) is 0.0909. The number of nitro benzene ring substituents is 1. The van der Waals surface area contributed by atoms with E-state index in [1.165, 1.54) is 13.2 Å². The number of nitrogens with zero attached hydrogens (tertiary/aromatic N) is 1. The van der Waals surface area contributed by atoms with Crippen LogP contribution in [0, 0.1) is 10.1 Å². The second kappa shape index (κ2) is 4.09. The van der Waals surface area contributed by atoms with Gasteiger partial charge in [-0.2, -0.15) is 0 Å². The highest BCUT2D eigenvalue weighted by atomic mass is 79.9. The van der Waals surface area contributed by atoms with Gasteiger partial charge in [0, 0.05) is 6.07 Å². The zero-order valence-corrected chi connectivity index (χ0v) is 10.0. The predicted octanol–water partition coefficient (Wildman–Crippen LogP) is 3.52. The number of ether oxygens (including phenoxy) is 1. The van der Waals surface area contributed by atoms with E-state index in [1.54, 1.807) is 18.2 Å². The highest BCUT2D eigenvalue weighted by Gasteiger charge is 2.16. The molecule has 4 nitrogen and oxygen atoms in total. The summed E-state index contributed by atoms with van der Waals surface area (Å²) in [4.78, 5) is 10.5. The quantitative estimate of drug-likeness (QED) is 0.625. The van der Waals surface area contributed by atoms with E-state index in [-0.39, 0.29) is 5.69 Å². The van der Waals surface area contributed by atoms with E-state index in [2.05, 4.69) is 15.9 Å². The number of non-ortho nitro benzene ring substituents is 1. The van der Waals surface area contributed by atoms with Crippen LogP contribution in [-0.4, -0.2) is 12.0 Å². The first kappa shape index (κ1) is 10.9. The Morgan fingerprint density at radius 1 is 1.31 bits per heavy atom. The standard InChI is InChI=1S/C11H8BrNO3/c1-16-9-6-5-7-3-2-4-8(13(14)15)10(7)11(9)12/h2-6H,1H3. The van der Waals surface area contributed by atoms with Gasteiger partial charge < -0.3 is 4.74 Å². The van der Waals surface area contributed by atoms with Crippen molar-refractivity contribution in [2.45, 2.75) is 0 Å². The van der Waals surface area contributed by atoms with Crippen LogP contribution in [0.5, 0.6) is 5.75 Å². The normalized spacial score (nSPS) is 10.4. The van der Waals surface area contributed by atoms with Crippen LogP contribution in [-0.2, 0) is 0 Å². The van der Waals surface area contributed by atoms with E-state index in [4.69, 9.17) is 4.74 Å². The summed E-state index contributed by atoms with van der Waals surface area (Å²) in [7, 11) is 1.53. The van der Waals surface area contributed by atoms with Gasteiger partial charge in [0.1, 0.15) is 5.75 Å². The third-order valence-corrected chi connectivity index (χ3v) is 3.13. The molecule has 0 bridgehead atoms. The molecule has 0 fully saturated rings. The van der Waals surface area contributed by atoms with E-state index in [0.717, 1.165) is 5.39 Å². The maximum Gasteiger partial charge on any atom is 0.278 e. The molecule has 0 saturated carbocycles. The van der Waals surface area contributed by atoms with Crippen molar-refractivity contribution in [3.63, 3.8) is 0 Å². The molecule has 0 amide bonds. The zero-order chi connectivity index (χ0) is 11.7. The Bertz CT molecular complexity index is 568. The molecular weight excluding hydrogens is 274 g/mol. The lowest BCUT2D eigenvalue weighted by molar-refractivity contribution is -0.383. The fourth-order valence-corrected chi connectivity index (χ4v) is 2.33. The first-order chi connectivity index (χ1) is 7.65. The lowest BCUT2D eigenvalue weighted by atomic mass is 10.1. The number of rotatable bonds is 2. The van der Waals surface area contributed by atoms with Gasteiger partial charge in [-0.05, 0) is 27.4 Å². The maximum absolute atomic E-state index is 10.9. The smallest absolute Gasteiger partial charge is 0.278 e. The van der Waals surface area contributed by atoms with Crippen molar-refractivity contribution in [3.8, 4) is 5.75 Å². The number of hydrogen-bond acceptors (Lipinski definition) is 3. The van der Waals surface area contributed by atoms with Crippen LogP contribution in [0.4, 0.5) is 5.69 Å². The summed E-state index contributed by atoms with van der Waals surface area (Å²) < 4.78 is 5.73. The van der Waals surface area contributed by atoms with Crippen LogP contribution < -0.4 is 4.74 Å². The fourth-order valence-electron chi connectivity index (χ4n) is 1.61. The molecule has 2 aromatic rings. The highest BCUT2D eigenvalue weighted by molar-refractivity contribution is 9.10. The van der Waals surface area contributed by atoms with Gasteiger partial charge in [0.15, 0.2) is 0 Å². The van der Waals surface area contributed by atoms with Gasteiger partial charge in [0.2, 0.25) is 0 Å². The van der Waals surface area contributed by atoms with Crippen LogP contribution >= 0.6 is 15.9 Å². The van der Waals surface area contributed by atoms with E-state index >= 15 is 0 Å². The van der Waals surface area contributed by atoms with Crippen LogP contribution in [0.3, 0.4) is 0 Å². The lowest BCUT2D eigenvalue weighted by Crippen LogP contribution is -1.92. The molecule has 5 heteroatoms. The summed E-state index contributed by atoms with van der Waals surface area (Å²) in [5.41, 5.74) is 0.0725. The van der Waals surface area contributed by atoms with Gasteiger partial charge in [-0.25, -0.2) is 0 Å². The molecule has 0 radical (unpaired) electrons. The summed E-state index contributed by atoms with van der Waals surface area (Å²) in [5, 5.41) is 12.3. The van der Waals surface area contributed by atoms with Gasteiger partial charge >= 0.3 is 0 Å². The number of benzene rings is 2. The monoisotopic (exact) mass is 281 g/mol. The number of hydrogen-bond donors (Lipinski definition) is 0. The SMILES string of the molecule is COc1ccc2cccc([N+](=O)[O-])c2c1Br. The van der Waals surface area contributed by atoms with Crippen molar-refractivity contribution in [2.75, 3.05) is 7.11 Å². The molecule has 0 N–H and O–H groups in total. The van der Waals surface area contributed by atoms with Crippen molar-refractivity contribution in [3.05, 3.63) is 44.9 Å². The van der Waals surface area contributed by atoms with Gasteiger partial charge in [-0.3, -0.25) is 10.1 Å². The van der Waals surface area contributed by atoms with Crippen molar-refractivity contribution < 1.29 is 9.66 Å². The highest BCUT2D eigenvalue weighted by Crippen LogP contribution is 2.37. The van der Waals surface area contributed by atoms with Crippen molar-refractivity contribution in [1.29, 1.82) is 0 Å². The molecular formula is C11H8BrNO3. The molecule has 0 spiro atoms. The molecule has 2 aromatic carbocycles. The van der Waals surface area contributed by atoms with Crippen LogP contribution in [0.15, 0.2) is 34.8 Å². The second-order valence-corrected chi connectivity index (χ2v) is 4.01. The molecule has 2 rings (SSSR count). The Kier molecular flexibility index (Phi) is 2.78. The van der Waals surface area contributed by atoms with E-state index in [1.807, 2.05) is 6.07 Å². The summed E-state index contributed by atoms with van der Waals surface area (Å²) in [6.07, 6.45) is 0. The second-order valence-electron chi connectivity index (χ2n) is 3.21. The van der Waals surface area contributed by atoms with E-state index in [0.29, 0.717) is 15.6 Å². The van der Waals surface area contributed by atoms with E-state index in [9.17, 15) is 10.1 Å². The number of nitro groups is 1. The number of fused-ring (bicyclic) bond motifs is 1. The number of methoxy groups -OCH3 is 1. The summed E-state index contributed by atoms with van der Waals surface area (Å²) >= 11 is 3.33. The Balaban J connectivity index is 2.88. The lowest BCUT2D eigenvalue weighted by Gasteiger charge is -2.06. The zero-order valence-electron chi connectivity index (χ0n) is 8.44. The Labute approximate surface area is 100 Å². The minimum Gasteiger partial charge on any atom is -0.496 e. The first-order valence-electron chi connectivity index (χ1n) is 4.54.